The zero-order chi connectivity index (χ0) is 14.9. The Morgan fingerprint density at radius 2 is 1.25 bits per heavy atom. The fourth-order valence-corrected chi connectivity index (χ4v) is 2.36. The van der Waals surface area contributed by atoms with Gasteiger partial charge in [-0.05, 0) is 31.6 Å². The second-order valence-electron chi connectivity index (χ2n) is 5.00. The molecule has 0 aromatic heterocycles. The van der Waals surface area contributed by atoms with E-state index in [4.69, 9.17) is 0 Å². The summed E-state index contributed by atoms with van der Waals surface area (Å²) < 4.78 is 65.6. The molecule has 0 heterocycles. The first kappa shape index (κ1) is 15.0. The van der Waals surface area contributed by atoms with Crippen LogP contribution in [0.3, 0.4) is 0 Å². The van der Waals surface area contributed by atoms with Crippen molar-refractivity contribution < 1.29 is 27.1 Å². The average Bonchev–Trinajstić information content (AvgIpc) is 2.45. The molecule has 0 aliphatic heterocycles. The zero-order valence-corrected chi connectivity index (χ0v) is 10.5. The van der Waals surface area contributed by atoms with Gasteiger partial charge in [-0.3, -0.25) is 0 Å². The normalized spacial score (nSPS) is 22.9. The Hall–Kier alpha value is -1.37. The first-order valence-electron chi connectivity index (χ1n) is 6.35. The van der Waals surface area contributed by atoms with Crippen LogP contribution in [-0.4, -0.2) is 17.8 Å². The summed E-state index contributed by atoms with van der Waals surface area (Å²) in [6, 6.07) is 0. The number of hydrogen-bond acceptors (Lipinski definition) is 2. The van der Waals surface area contributed by atoms with Gasteiger partial charge >= 0.3 is 0 Å². The van der Waals surface area contributed by atoms with Crippen molar-refractivity contribution in [3.63, 3.8) is 0 Å². The van der Waals surface area contributed by atoms with Crippen molar-refractivity contribution >= 4 is 5.69 Å². The minimum atomic E-state index is -2.16. The summed E-state index contributed by atoms with van der Waals surface area (Å²) in [7, 11) is 0. The SMILES string of the molecule is OC1CCC(CNc2c(F)c(F)c(F)c(F)c2F)CC1. The highest BCUT2D eigenvalue weighted by Gasteiger charge is 2.26. The topological polar surface area (TPSA) is 32.3 Å². The Morgan fingerprint density at radius 3 is 1.75 bits per heavy atom. The van der Waals surface area contributed by atoms with E-state index in [2.05, 4.69) is 5.32 Å². The van der Waals surface area contributed by atoms with Crippen molar-refractivity contribution in [3.8, 4) is 0 Å². The maximum Gasteiger partial charge on any atom is 0.200 e. The molecule has 20 heavy (non-hydrogen) atoms. The van der Waals surface area contributed by atoms with Crippen molar-refractivity contribution in [2.24, 2.45) is 5.92 Å². The first-order chi connectivity index (χ1) is 9.41. The zero-order valence-electron chi connectivity index (χ0n) is 10.5. The molecule has 0 atom stereocenters. The lowest BCUT2D eigenvalue weighted by molar-refractivity contribution is 0.111. The van der Waals surface area contributed by atoms with Crippen LogP contribution in [-0.2, 0) is 0 Å². The number of benzene rings is 1. The standard InChI is InChI=1S/C13H14F5NO/c14-8-9(15)11(17)13(12(18)10(8)16)19-5-6-1-3-7(20)4-2-6/h6-7,19-20H,1-5H2. The molecule has 0 radical (unpaired) electrons. The lowest BCUT2D eigenvalue weighted by atomic mass is 9.87. The van der Waals surface area contributed by atoms with Crippen molar-refractivity contribution in [1.29, 1.82) is 0 Å². The van der Waals surface area contributed by atoms with Crippen molar-refractivity contribution in [2.45, 2.75) is 31.8 Å². The summed E-state index contributed by atoms with van der Waals surface area (Å²) in [6.45, 7) is 0.102. The monoisotopic (exact) mass is 295 g/mol. The lowest BCUT2D eigenvalue weighted by Gasteiger charge is -2.26. The molecule has 0 bridgehead atoms. The van der Waals surface area contributed by atoms with Gasteiger partial charge in [0.2, 0.25) is 5.82 Å². The summed E-state index contributed by atoms with van der Waals surface area (Å²) in [5.74, 6) is -9.73. The van der Waals surface area contributed by atoms with E-state index < -0.39 is 34.8 Å². The number of halogens is 5. The van der Waals surface area contributed by atoms with Gasteiger partial charge in [0, 0.05) is 6.54 Å². The van der Waals surface area contributed by atoms with E-state index in [1.54, 1.807) is 0 Å². The van der Waals surface area contributed by atoms with Crippen molar-refractivity contribution in [3.05, 3.63) is 29.1 Å². The van der Waals surface area contributed by atoms with Crippen LogP contribution in [0.5, 0.6) is 0 Å². The molecule has 0 spiro atoms. The number of nitrogens with one attached hydrogen (secondary N) is 1. The molecule has 2 rings (SSSR count). The van der Waals surface area contributed by atoms with Gasteiger partial charge in [0.25, 0.3) is 0 Å². The van der Waals surface area contributed by atoms with Crippen LogP contribution in [0, 0.1) is 35.0 Å². The number of rotatable bonds is 3. The second-order valence-corrected chi connectivity index (χ2v) is 5.00. The van der Waals surface area contributed by atoms with E-state index in [1.165, 1.54) is 0 Å². The van der Waals surface area contributed by atoms with Crippen LogP contribution >= 0.6 is 0 Å². The first-order valence-corrected chi connectivity index (χ1v) is 6.35. The van der Waals surface area contributed by atoms with E-state index in [1.807, 2.05) is 0 Å². The number of anilines is 1. The molecule has 1 aromatic rings. The molecule has 1 fully saturated rings. The van der Waals surface area contributed by atoms with Crippen LogP contribution < -0.4 is 5.32 Å². The van der Waals surface area contributed by atoms with E-state index in [9.17, 15) is 27.1 Å². The molecule has 0 saturated heterocycles. The molecule has 1 aromatic carbocycles. The van der Waals surface area contributed by atoms with Crippen LogP contribution in [0.4, 0.5) is 27.6 Å². The van der Waals surface area contributed by atoms with Crippen LogP contribution in [0.25, 0.3) is 0 Å². The summed E-state index contributed by atoms with van der Waals surface area (Å²) in [5, 5.41) is 11.6. The highest BCUT2D eigenvalue weighted by Crippen LogP contribution is 2.29. The molecule has 0 amide bonds. The molecule has 2 N–H and O–H groups in total. The number of hydrogen-bond donors (Lipinski definition) is 2. The predicted octanol–water partition coefficient (Wildman–Crippen LogP) is 3.35. The van der Waals surface area contributed by atoms with E-state index in [0.717, 1.165) is 0 Å². The molecular formula is C13H14F5NO. The van der Waals surface area contributed by atoms with Crippen molar-refractivity contribution in [2.75, 3.05) is 11.9 Å². The Labute approximate surface area is 112 Å². The third-order valence-electron chi connectivity index (χ3n) is 3.59. The molecule has 1 aliphatic rings. The van der Waals surface area contributed by atoms with Crippen LogP contribution in [0.1, 0.15) is 25.7 Å². The van der Waals surface area contributed by atoms with Gasteiger partial charge in [-0.25, -0.2) is 22.0 Å². The average molecular weight is 295 g/mol. The van der Waals surface area contributed by atoms with Gasteiger partial charge < -0.3 is 10.4 Å². The quantitative estimate of drug-likeness (QED) is 0.509. The summed E-state index contributed by atoms with van der Waals surface area (Å²) in [6.07, 6.45) is 2.06. The van der Waals surface area contributed by atoms with E-state index in [0.29, 0.717) is 25.7 Å². The second kappa shape index (κ2) is 5.95. The Balaban J connectivity index is 2.10. The van der Waals surface area contributed by atoms with Gasteiger partial charge in [0.1, 0.15) is 5.69 Å². The van der Waals surface area contributed by atoms with E-state index in [-0.39, 0.29) is 18.6 Å². The smallest absolute Gasteiger partial charge is 0.200 e. The molecule has 112 valence electrons. The minimum absolute atomic E-state index is 0.0355. The highest BCUT2D eigenvalue weighted by atomic mass is 19.2. The molecule has 2 nitrogen and oxygen atoms in total. The largest absolute Gasteiger partial charge is 0.393 e. The predicted molar refractivity (Wildman–Crippen MR) is 62.7 cm³/mol. The summed E-state index contributed by atoms with van der Waals surface area (Å²) in [4.78, 5) is 0. The third kappa shape index (κ3) is 2.87. The van der Waals surface area contributed by atoms with Gasteiger partial charge in [-0.1, -0.05) is 0 Å². The maximum absolute atomic E-state index is 13.4. The minimum Gasteiger partial charge on any atom is -0.393 e. The lowest BCUT2D eigenvalue weighted by Crippen LogP contribution is -2.24. The third-order valence-corrected chi connectivity index (χ3v) is 3.59. The summed E-state index contributed by atoms with van der Waals surface area (Å²) in [5.41, 5.74) is -0.993. The Morgan fingerprint density at radius 1 is 0.800 bits per heavy atom. The van der Waals surface area contributed by atoms with Gasteiger partial charge in [-0.15, -0.1) is 0 Å². The molecule has 1 saturated carbocycles. The molecule has 1 aliphatic carbocycles. The highest BCUT2D eigenvalue weighted by molar-refractivity contribution is 5.47. The van der Waals surface area contributed by atoms with Crippen molar-refractivity contribution in [1.82, 2.24) is 0 Å². The molecular weight excluding hydrogens is 281 g/mol. The van der Waals surface area contributed by atoms with Crippen LogP contribution in [0.2, 0.25) is 0 Å². The number of aliphatic hydroxyl groups excluding tert-OH is 1. The fourth-order valence-electron chi connectivity index (χ4n) is 2.36. The Bertz CT molecular complexity index is 471. The number of aliphatic hydroxyl groups is 1. The fraction of sp³-hybridized carbons (Fsp3) is 0.538. The van der Waals surface area contributed by atoms with Gasteiger partial charge in [-0.2, -0.15) is 0 Å². The van der Waals surface area contributed by atoms with E-state index >= 15 is 0 Å². The molecule has 7 heteroatoms. The summed E-state index contributed by atoms with van der Waals surface area (Å²) >= 11 is 0. The molecule has 0 unspecified atom stereocenters. The maximum atomic E-state index is 13.4. The Kier molecular flexibility index (Phi) is 4.47. The van der Waals surface area contributed by atoms with Gasteiger partial charge in [0.15, 0.2) is 23.3 Å². The van der Waals surface area contributed by atoms with Crippen LogP contribution in [0.15, 0.2) is 0 Å². The van der Waals surface area contributed by atoms with Gasteiger partial charge in [0.05, 0.1) is 6.10 Å².